The lowest BCUT2D eigenvalue weighted by Gasteiger charge is -2.08. The van der Waals surface area contributed by atoms with E-state index in [2.05, 4.69) is 15.8 Å². The summed E-state index contributed by atoms with van der Waals surface area (Å²) in [5.41, 5.74) is 4.79. The van der Waals surface area contributed by atoms with Crippen LogP contribution in [0.5, 0.6) is 0 Å². The van der Waals surface area contributed by atoms with Gasteiger partial charge in [-0.2, -0.15) is 5.10 Å². The molecule has 2 rings (SSSR count). The summed E-state index contributed by atoms with van der Waals surface area (Å²) < 4.78 is 25.6. The molecule has 0 saturated heterocycles. The number of hydrogen-bond acceptors (Lipinski definition) is 2. The van der Waals surface area contributed by atoms with Crippen LogP contribution in [0, 0.1) is 11.6 Å². The van der Waals surface area contributed by atoms with E-state index in [9.17, 15) is 8.78 Å². The van der Waals surface area contributed by atoms with Gasteiger partial charge in [0.25, 0.3) is 0 Å². The number of halogens is 2. The van der Waals surface area contributed by atoms with Crippen LogP contribution in [0.1, 0.15) is 12.5 Å². The van der Waals surface area contributed by atoms with Gasteiger partial charge in [0.2, 0.25) is 0 Å². The van der Waals surface area contributed by atoms with Gasteiger partial charge in [0.15, 0.2) is 5.11 Å². The fraction of sp³-hybridized carbons (Fsp3) is 0.0667. The van der Waals surface area contributed by atoms with Crippen molar-refractivity contribution in [1.82, 2.24) is 5.43 Å². The first-order valence-electron chi connectivity index (χ1n) is 6.17. The van der Waals surface area contributed by atoms with Gasteiger partial charge in [0, 0.05) is 5.69 Å². The molecule has 0 heterocycles. The second-order valence-corrected chi connectivity index (χ2v) is 4.69. The highest BCUT2D eigenvalue weighted by molar-refractivity contribution is 7.80. The zero-order valence-corrected chi connectivity index (χ0v) is 12.0. The molecule has 21 heavy (non-hydrogen) atoms. The first-order valence-corrected chi connectivity index (χ1v) is 6.58. The largest absolute Gasteiger partial charge is 0.331 e. The Kier molecular flexibility index (Phi) is 4.94. The topological polar surface area (TPSA) is 36.4 Å². The van der Waals surface area contributed by atoms with Crippen LogP contribution in [0.4, 0.5) is 14.5 Å². The number of thiocarbonyl (C=S) groups is 1. The van der Waals surface area contributed by atoms with Crippen LogP contribution in [-0.2, 0) is 0 Å². The molecule has 2 aromatic rings. The third-order valence-corrected chi connectivity index (χ3v) is 2.88. The average Bonchev–Trinajstić information content (AvgIpc) is 2.48. The van der Waals surface area contributed by atoms with Crippen molar-refractivity contribution in [2.24, 2.45) is 5.10 Å². The third-order valence-electron chi connectivity index (χ3n) is 2.69. The number of anilines is 1. The zero-order chi connectivity index (χ0) is 15.2. The summed E-state index contributed by atoms with van der Waals surface area (Å²) in [7, 11) is 0. The van der Waals surface area contributed by atoms with Crippen LogP contribution in [0.25, 0.3) is 0 Å². The Balaban J connectivity index is 1.94. The van der Waals surface area contributed by atoms with E-state index in [1.807, 2.05) is 0 Å². The fourth-order valence-corrected chi connectivity index (χ4v) is 1.75. The normalized spacial score (nSPS) is 11.1. The lowest BCUT2D eigenvalue weighted by atomic mass is 10.1. The molecule has 0 aliphatic rings. The second kappa shape index (κ2) is 6.90. The maximum absolute atomic E-state index is 12.8. The molecule has 0 aliphatic heterocycles. The lowest BCUT2D eigenvalue weighted by Crippen LogP contribution is -2.24. The zero-order valence-electron chi connectivity index (χ0n) is 11.2. The van der Waals surface area contributed by atoms with Crippen molar-refractivity contribution in [1.29, 1.82) is 0 Å². The molecule has 0 unspecified atom stereocenters. The summed E-state index contributed by atoms with van der Waals surface area (Å²) in [6.45, 7) is 1.78. The second-order valence-electron chi connectivity index (χ2n) is 4.28. The smallest absolute Gasteiger partial charge is 0.191 e. The SMILES string of the molecule is C/C(=N/NC(=S)Nc1ccc(F)cc1)c1ccc(F)cc1. The van der Waals surface area contributed by atoms with Gasteiger partial charge < -0.3 is 5.32 Å². The van der Waals surface area contributed by atoms with Crippen LogP contribution in [-0.4, -0.2) is 10.8 Å². The molecular weight excluding hydrogens is 292 g/mol. The van der Waals surface area contributed by atoms with E-state index in [1.165, 1.54) is 24.3 Å². The number of benzene rings is 2. The van der Waals surface area contributed by atoms with E-state index in [-0.39, 0.29) is 16.7 Å². The maximum atomic E-state index is 12.8. The van der Waals surface area contributed by atoms with Crippen LogP contribution < -0.4 is 10.7 Å². The van der Waals surface area contributed by atoms with E-state index in [0.29, 0.717) is 11.4 Å². The van der Waals surface area contributed by atoms with Gasteiger partial charge in [-0.1, -0.05) is 12.1 Å². The van der Waals surface area contributed by atoms with Gasteiger partial charge in [0.1, 0.15) is 11.6 Å². The minimum Gasteiger partial charge on any atom is -0.331 e. The van der Waals surface area contributed by atoms with E-state index in [4.69, 9.17) is 12.2 Å². The molecule has 0 aliphatic carbocycles. The van der Waals surface area contributed by atoms with E-state index < -0.39 is 0 Å². The van der Waals surface area contributed by atoms with Crippen molar-refractivity contribution >= 4 is 28.7 Å². The molecule has 0 aromatic heterocycles. The summed E-state index contributed by atoms with van der Waals surface area (Å²) in [4.78, 5) is 0. The monoisotopic (exact) mass is 305 g/mol. The third kappa shape index (κ3) is 4.61. The Hall–Kier alpha value is -2.34. The van der Waals surface area contributed by atoms with E-state index in [0.717, 1.165) is 5.56 Å². The molecule has 3 nitrogen and oxygen atoms in total. The Morgan fingerprint density at radius 1 is 0.952 bits per heavy atom. The highest BCUT2D eigenvalue weighted by Gasteiger charge is 2.00. The number of nitrogens with one attached hydrogen (secondary N) is 2. The Bertz CT molecular complexity index is 652. The number of rotatable bonds is 3. The van der Waals surface area contributed by atoms with Gasteiger partial charge in [-0.05, 0) is 61.1 Å². The molecule has 6 heteroatoms. The molecule has 0 radical (unpaired) electrons. The molecule has 0 fully saturated rings. The average molecular weight is 305 g/mol. The van der Waals surface area contributed by atoms with Gasteiger partial charge in [-0.3, -0.25) is 5.43 Å². The quantitative estimate of drug-likeness (QED) is 0.516. The maximum Gasteiger partial charge on any atom is 0.191 e. The summed E-state index contributed by atoms with van der Waals surface area (Å²) in [6.07, 6.45) is 0. The standard InChI is InChI=1S/C15H13F2N3S/c1-10(11-2-4-12(16)5-3-11)19-20-15(21)18-14-8-6-13(17)7-9-14/h2-9H,1H3,(H2,18,20,21)/b19-10-. The highest BCUT2D eigenvalue weighted by Crippen LogP contribution is 2.08. The summed E-state index contributed by atoms with van der Waals surface area (Å²) in [5.74, 6) is -0.613. The van der Waals surface area contributed by atoms with E-state index >= 15 is 0 Å². The summed E-state index contributed by atoms with van der Waals surface area (Å²) >= 11 is 5.07. The van der Waals surface area contributed by atoms with Crippen LogP contribution in [0.2, 0.25) is 0 Å². The summed E-state index contributed by atoms with van der Waals surface area (Å²) in [6, 6.07) is 11.8. The van der Waals surface area contributed by atoms with Crippen molar-refractivity contribution in [2.45, 2.75) is 6.92 Å². The number of hydrazone groups is 1. The van der Waals surface area contributed by atoms with Gasteiger partial charge in [-0.15, -0.1) is 0 Å². The molecule has 0 atom stereocenters. The number of hydrogen-bond donors (Lipinski definition) is 2. The minimum atomic E-state index is -0.315. The molecule has 0 amide bonds. The Labute approximate surface area is 126 Å². The highest BCUT2D eigenvalue weighted by atomic mass is 32.1. The fourth-order valence-electron chi connectivity index (χ4n) is 1.58. The van der Waals surface area contributed by atoms with Crippen molar-refractivity contribution in [3.05, 3.63) is 65.7 Å². The van der Waals surface area contributed by atoms with Gasteiger partial charge in [0.05, 0.1) is 5.71 Å². The minimum absolute atomic E-state index is 0.281. The number of nitrogens with zero attached hydrogens (tertiary/aromatic N) is 1. The van der Waals surface area contributed by atoms with Gasteiger partial charge in [-0.25, -0.2) is 8.78 Å². The molecule has 2 N–H and O–H groups in total. The predicted octanol–water partition coefficient (Wildman–Crippen LogP) is 3.68. The van der Waals surface area contributed by atoms with Gasteiger partial charge >= 0.3 is 0 Å². The molecule has 0 bridgehead atoms. The molecule has 0 spiro atoms. The molecular formula is C15H13F2N3S. The molecule has 108 valence electrons. The summed E-state index contributed by atoms with van der Waals surface area (Å²) in [5, 5.41) is 7.26. The van der Waals surface area contributed by atoms with Crippen LogP contribution in [0.15, 0.2) is 53.6 Å². The van der Waals surface area contributed by atoms with Crippen molar-refractivity contribution in [3.8, 4) is 0 Å². The first-order chi connectivity index (χ1) is 10.0. The Morgan fingerprint density at radius 2 is 1.48 bits per heavy atom. The Morgan fingerprint density at radius 3 is 2.05 bits per heavy atom. The predicted molar refractivity (Wildman–Crippen MR) is 84.4 cm³/mol. The van der Waals surface area contributed by atoms with E-state index in [1.54, 1.807) is 31.2 Å². The molecule has 0 saturated carbocycles. The lowest BCUT2D eigenvalue weighted by molar-refractivity contribution is 0.627. The molecule has 2 aromatic carbocycles. The van der Waals surface area contributed by atoms with Crippen molar-refractivity contribution < 1.29 is 8.78 Å². The van der Waals surface area contributed by atoms with Crippen molar-refractivity contribution in [3.63, 3.8) is 0 Å². The van der Waals surface area contributed by atoms with Crippen molar-refractivity contribution in [2.75, 3.05) is 5.32 Å². The van der Waals surface area contributed by atoms with Crippen LogP contribution >= 0.6 is 12.2 Å². The van der Waals surface area contributed by atoms with Crippen LogP contribution in [0.3, 0.4) is 0 Å². The first kappa shape index (κ1) is 15.1.